The molecule has 0 bridgehead atoms. The molecule has 1 atom stereocenters. The Morgan fingerprint density at radius 1 is 0.500 bits per heavy atom. The molecule has 0 fully saturated rings. The van der Waals surface area contributed by atoms with Crippen molar-refractivity contribution in [2.75, 3.05) is 6.61 Å². The summed E-state index contributed by atoms with van der Waals surface area (Å²) in [4.78, 5) is 0. The van der Waals surface area contributed by atoms with Crippen LogP contribution in [0.4, 0.5) is 4.39 Å². The Labute approximate surface area is 303 Å². The molecule has 270 valence electrons. The number of halogens is 1. The van der Waals surface area contributed by atoms with Gasteiger partial charge in [0.15, 0.2) is 0 Å². The predicted molar refractivity (Wildman–Crippen MR) is 209 cm³/mol. The minimum atomic E-state index is -0.793. The topological polar surface area (TPSA) is 18.5 Å². The summed E-state index contributed by atoms with van der Waals surface area (Å²) < 4.78 is 27.7. The van der Waals surface area contributed by atoms with E-state index in [1.807, 2.05) is 24.3 Å². The monoisotopic (exact) mass is 678 g/mol. The van der Waals surface area contributed by atoms with E-state index in [1.54, 1.807) is 12.1 Å². The zero-order valence-corrected chi connectivity index (χ0v) is 30.9. The van der Waals surface area contributed by atoms with E-state index in [0.717, 1.165) is 35.1 Å². The molecule has 0 unspecified atom stereocenters. The molecular weight excluding hydrogens is 616 g/mol. The molecule has 0 spiro atoms. The molecule has 4 aromatic carbocycles. The van der Waals surface area contributed by atoms with Crippen LogP contribution in [0.3, 0.4) is 0 Å². The minimum Gasteiger partial charge on any atom is -0.371 e. The van der Waals surface area contributed by atoms with Gasteiger partial charge in [-0.15, -0.1) is 0 Å². The summed E-state index contributed by atoms with van der Waals surface area (Å²) in [7, 11) is 0. The maximum atomic E-state index is 14.0. The van der Waals surface area contributed by atoms with E-state index in [1.165, 1.54) is 109 Å². The van der Waals surface area contributed by atoms with Crippen LogP contribution >= 0.6 is 0 Å². The summed E-state index contributed by atoms with van der Waals surface area (Å²) in [5, 5.41) is 0. The van der Waals surface area contributed by atoms with E-state index >= 15 is 0 Å². The fourth-order valence-electron chi connectivity index (χ4n) is 7.14. The summed E-state index contributed by atoms with van der Waals surface area (Å²) >= 11 is 0. The van der Waals surface area contributed by atoms with Crippen LogP contribution in [-0.2, 0) is 21.7 Å². The minimum absolute atomic E-state index is 0.120. The lowest BCUT2D eigenvalue weighted by atomic mass is 9.80. The molecule has 0 aromatic heterocycles. The van der Waals surface area contributed by atoms with E-state index < -0.39 is 5.60 Å². The van der Waals surface area contributed by atoms with Crippen molar-refractivity contribution in [1.29, 1.82) is 0 Å². The molecular formula is C47H63FO2. The number of rotatable bonds is 27. The van der Waals surface area contributed by atoms with Gasteiger partial charge in [0.25, 0.3) is 0 Å². The van der Waals surface area contributed by atoms with Gasteiger partial charge >= 0.3 is 0 Å². The lowest BCUT2D eigenvalue weighted by Gasteiger charge is -2.37. The maximum Gasteiger partial charge on any atom is 0.143 e. The van der Waals surface area contributed by atoms with Crippen molar-refractivity contribution in [3.8, 4) is 0 Å². The Hall–Kier alpha value is -3.27. The Balaban J connectivity index is 1.28. The number of hydrogen-bond acceptors (Lipinski definition) is 2. The highest BCUT2D eigenvalue weighted by atomic mass is 19.1. The molecule has 0 aliphatic carbocycles. The Kier molecular flexibility index (Phi) is 19.0. The molecule has 3 heteroatoms. The molecule has 0 amide bonds. The average Bonchev–Trinajstić information content (AvgIpc) is 3.16. The molecule has 0 aliphatic heterocycles. The Bertz CT molecular complexity index is 1290. The van der Waals surface area contributed by atoms with Gasteiger partial charge in [-0.05, 0) is 40.8 Å². The largest absolute Gasteiger partial charge is 0.371 e. The summed E-state index contributed by atoms with van der Waals surface area (Å²) in [6, 6.07) is 38.3. The van der Waals surface area contributed by atoms with Gasteiger partial charge in [-0.25, -0.2) is 4.39 Å². The van der Waals surface area contributed by atoms with Crippen LogP contribution in [0.25, 0.3) is 0 Å². The van der Waals surface area contributed by atoms with Crippen LogP contribution in [0.15, 0.2) is 115 Å². The van der Waals surface area contributed by atoms with E-state index in [0.29, 0.717) is 13.2 Å². The highest BCUT2D eigenvalue weighted by Gasteiger charge is 2.38. The molecule has 0 N–H and O–H groups in total. The van der Waals surface area contributed by atoms with E-state index in [2.05, 4.69) is 79.7 Å². The normalized spacial score (nSPS) is 12.3. The molecule has 4 rings (SSSR count). The van der Waals surface area contributed by atoms with Crippen molar-refractivity contribution in [3.05, 3.63) is 143 Å². The van der Waals surface area contributed by atoms with Crippen LogP contribution < -0.4 is 0 Å². The fourth-order valence-corrected chi connectivity index (χ4v) is 7.14. The van der Waals surface area contributed by atoms with Crippen molar-refractivity contribution < 1.29 is 13.9 Å². The Morgan fingerprint density at radius 2 is 0.920 bits per heavy atom. The number of hydrogen-bond donors (Lipinski definition) is 0. The van der Waals surface area contributed by atoms with Crippen LogP contribution in [0.1, 0.15) is 145 Å². The molecule has 2 nitrogen and oxygen atoms in total. The summed E-state index contributed by atoms with van der Waals surface area (Å²) in [6.07, 6.45) is 23.8. The van der Waals surface area contributed by atoms with Gasteiger partial charge in [-0.3, -0.25) is 0 Å². The molecule has 0 saturated heterocycles. The second-order valence-corrected chi connectivity index (χ2v) is 14.1. The van der Waals surface area contributed by atoms with Crippen molar-refractivity contribution in [2.45, 2.75) is 141 Å². The highest BCUT2D eigenvalue weighted by Crippen LogP contribution is 2.40. The van der Waals surface area contributed by atoms with Gasteiger partial charge in [-0.1, -0.05) is 219 Å². The quantitative estimate of drug-likeness (QED) is 0.0462. The summed E-state index contributed by atoms with van der Waals surface area (Å²) in [5.74, 6) is -0.233. The fraction of sp³-hybridized carbons (Fsp3) is 0.489. The third kappa shape index (κ3) is 13.8. The van der Waals surface area contributed by atoms with E-state index in [-0.39, 0.29) is 11.9 Å². The first-order valence-electron chi connectivity index (χ1n) is 19.9. The van der Waals surface area contributed by atoms with E-state index in [9.17, 15) is 4.39 Å². The van der Waals surface area contributed by atoms with Crippen LogP contribution in [0, 0.1) is 5.82 Å². The first kappa shape index (κ1) is 39.5. The standard InChI is InChI=1S/C47H63FO2/c1-2-3-4-5-6-7-8-9-10-11-12-13-14-15-16-17-27-37-46(49-39-41-29-28-36-45(48)38-41)40-50-47(42-30-21-18-22-31-42,43-32-23-19-24-33-43)44-34-25-20-26-35-44/h18-26,28-36,38,46H,2-17,27,37,39-40H2,1H3/t46-/m1/s1. The summed E-state index contributed by atoms with van der Waals surface area (Å²) in [5.41, 5.74) is 3.30. The summed E-state index contributed by atoms with van der Waals surface area (Å²) in [6.45, 7) is 3.07. The SMILES string of the molecule is CCCCCCCCCCCCCCCCCCC[C@H](COC(c1ccccc1)(c1ccccc1)c1ccccc1)OCc1cccc(F)c1. The molecule has 0 aliphatic rings. The molecule has 0 radical (unpaired) electrons. The predicted octanol–water partition coefficient (Wildman–Crippen LogP) is 13.8. The van der Waals surface area contributed by atoms with Crippen molar-refractivity contribution >= 4 is 0 Å². The van der Waals surface area contributed by atoms with Gasteiger partial charge < -0.3 is 9.47 Å². The first-order chi connectivity index (χ1) is 24.7. The smallest absolute Gasteiger partial charge is 0.143 e. The molecule has 0 heterocycles. The second-order valence-electron chi connectivity index (χ2n) is 14.1. The van der Waals surface area contributed by atoms with Crippen molar-refractivity contribution in [3.63, 3.8) is 0 Å². The van der Waals surface area contributed by atoms with Crippen molar-refractivity contribution in [1.82, 2.24) is 0 Å². The lowest BCUT2D eigenvalue weighted by molar-refractivity contribution is -0.0731. The molecule has 4 aromatic rings. The van der Waals surface area contributed by atoms with Crippen molar-refractivity contribution in [2.24, 2.45) is 0 Å². The van der Waals surface area contributed by atoms with Crippen LogP contribution in [0.2, 0.25) is 0 Å². The third-order valence-corrected chi connectivity index (χ3v) is 10.0. The highest BCUT2D eigenvalue weighted by molar-refractivity contribution is 5.47. The van der Waals surface area contributed by atoms with Gasteiger partial charge in [-0.2, -0.15) is 0 Å². The first-order valence-corrected chi connectivity index (χ1v) is 19.9. The van der Waals surface area contributed by atoms with Crippen LogP contribution in [0.5, 0.6) is 0 Å². The maximum absolute atomic E-state index is 14.0. The van der Waals surface area contributed by atoms with Gasteiger partial charge in [0.05, 0.1) is 19.3 Å². The molecule has 0 saturated carbocycles. The average molecular weight is 679 g/mol. The zero-order valence-electron chi connectivity index (χ0n) is 30.9. The lowest BCUT2D eigenvalue weighted by Crippen LogP contribution is -2.36. The third-order valence-electron chi connectivity index (χ3n) is 10.0. The van der Waals surface area contributed by atoms with Gasteiger partial charge in [0.2, 0.25) is 0 Å². The van der Waals surface area contributed by atoms with Crippen LogP contribution in [-0.4, -0.2) is 12.7 Å². The molecule has 50 heavy (non-hydrogen) atoms. The zero-order chi connectivity index (χ0) is 35.0. The van der Waals surface area contributed by atoms with Gasteiger partial charge in [0.1, 0.15) is 11.4 Å². The number of ether oxygens (including phenoxy) is 2. The Morgan fingerprint density at radius 3 is 1.34 bits per heavy atom. The van der Waals surface area contributed by atoms with Gasteiger partial charge in [0, 0.05) is 0 Å². The van der Waals surface area contributed by atoms with E-state index in [4.69, 9.17) is 9.47 Å². The second kappa shape index (κ2) is 24.0. The number of unbranched alkanes of at least 4 members (excludes halogenated alkanes) is 16. The number of benzene rings is 4.